The number of rotatable bonds is 3. The average Bonchev–Trinajstić information content (AvgIpc) is 2.18. The molecule has 3 nitrogen and oxygen atoms in total. The van der Waals surface area contributed by atoms with Crippen LogP contribution in [0, 0.1) is 0 Å². The van der Waals surface area contributed by atoms with Crippen molar-refractivity contribution in [1.82, 2.24) is 0 Å². The molecule has 0 aromatic heterocycles. The van der Waals surface area contributed by atoms with Crippen LogP contribution >= 0.6 is 15.9 Å². The number of esters is 1. The highest BCUT2D eigenvalue weighted by Crippen LogP contribution is 2.20. The van der Waals surface area contributed by atoms with Crippen LogP contribution in [0.25, 0.3) is 0 Å². The summed E-state index contributed by atoms with van der Waals surface area (Å²) in [6.45, 7) is 6.07. The SMILES string of the molecule is CC(C)(C)OC(=O)c1cc(Br)ccc1CCN. The molecule has 0 heterocycles. The van der Waals surface area contributed by atoms with Crippen molar-refractivity contribution >= 4 is 21.9 Å². The van der Waals surface area contributed by atoms with Crippen molar-refractivity contribution in [3.05, 3.63) is 33.8 Å². The highest BCUT2D eigenvalue weighted by molar-refractivity contribution is 9.10. The number of ether oxygens (including phenoxy) is 1. The molecule has 0 saturated heterocycles. The Kier molecular flexibility index (Phi) is 4.71. The second kappa shape index (κ2) is 5.65. The van der Waals surface area contributed by atoms with Crippen molar-refractivity contribution in [2.75, 3.05) is 6.54 Å². The summed E-state index contributed by atoms with van der Waals surface area (Å²) in [6, 6.07) is 5.58. The first-order valence-corrected chi connectivity index (χ1v) is 6.34. The van der Waals surface area contributed by atoms with Gasteiger partial charge < -0.3 is 10.5 Å². The maximum Gasteiger partial charge on any atom is 0.338 e. The van der Waals surface area contributed by atoms with Crippen molar-refractivity contribution in [3.63, 3.8) is 0 Å². The molecule has 0 fully saturated rings. The summed E-state index contributed by atoms with van der Waals surface area (Å²) in [6.07, 6.45) is 0.669. The first-order chi connectivity index (χ1) is 7.83. The summed E-state index contributed by atoms with van der Waals surface area (Å²) >= 11 is 3.36. The van der Waals surface area contributed by atoms with Gasteiger partial charge in [0.25, 0.3) is 0 Å². The largest absolute Gasteiger partial charge is 0.456 e. The van der Waals surface area contributed by atoms with Crippen molar-refractivity contribution < 1.29 is 9.53 Å². The molecule has 0 radical (unpaired) electrons. The van der Waals surface area contributed by atoms with E-state index in [1.807, 2.05) is 32.9 Å². The van der Waals surface area contributed by atoms with Gasteiger partial charge in [0.2, 0.25) is 0 Å². The Bertz CT molecular complexity index is 410. The highest BCUT2D eigenvalue weighted by atomic mass is 79.9. The van der Waals surface area contributed by atoms with E-state index in [0.717, 1.165) is 10.0 Å². The Labute approximate surface area is 110 Å². The fourth-order valence-corrected chi connectivity index (χ4v) is 1.81. The molecule has 0 unspecified atom stereocenters. The number of carbonyl (C=O) groups is 1. The molecule has 0 amide bonds. The smallest absolute Gasteiger partial charge is 0.338 e. The molecule has 0 saturated carbocycles. The molecular formula is C13H18BrNO2. The third kappa shape index (κ3) is 4.48. The molecule has 4 heteroatoms. The van der Waals surface area contributed by atoms with Crippen molar-refractivity contribution in [2.24, 2.45) is 5.73 Å². The molecule has 17 heavy (non-hydrogen) atoms. The number of hydrogen-bond acceptors (Lipinski definition) is 3. The minimum absolute atomic E-state index is 0.303. The van der Waals surface area contributed by atoms with E-state index >= 15 is 0 Å². The lowest BCUT2D eigenvalue weighted by molar-refractivity contribution is 0.00683. The van der Waals surface area contributed by atoms with Crippen LogP contribution in [-0.4, -0.2) is 18.1 Å². The van der Waals surface area contributed by atoms with E-state index < -0.39 is 5.60 Å². The fourth-order valence-electron chi connectivity index (χ4n) is 1.45. The zero-order valence-corrected chi connectivity index (χ0v) is 12.0. The van der Waals surface area contributed by atoms with E-state index in [9.17, 15) is 4.79 Å². The van der Waals surface area contributed by atoms with Crippen LogP contribution in [0.5, 0.6) is 0 Å². The van der Waals surface area contributed by atoms with E-state index in [2.05, 4.69) is 15.9 Å². The summed E-state index contributed by atoms with van der Waals surface area (Å²) in [5, 5.41) is 0. The fraction of sp³-hybridized carbons (Fsp3) is 0.462. The molecule has 0 aliphatic carbocycles. The van der Waals surface area contributed by atoms with Crippen LogP contribution < -0.4 is 5.73 Å². The van der Waals surface area contributed by atoms with Crippen LogP contribution in [0.2, 0.25) is 0 Å². The lowest BCUT2D eigenvalue weighted by Gasteiger charge is -2.20. The topological polar surface area (TPSA) is 52.3 Å². The van der Waals surface area contributed by atoms with Crippen LogP contribution in [0.4, 0.5) is 0 Å². The van der Waals surface area contributed by atoms with Crippen molar-refractivity contribution in [2.45, 2.75) is 32.8 Å². The Morgan fingerprint density at radius 2 is 2.06 bits per heavy atom. The Morgan fingerprint density at radius 1 is 1.41 bits per heavy atom. The van der Waals surface area contributed by atoms with E-state index in [4.69, 9.17) is 10.5 Å². The normalized spacial score (nSPS) is 11.4. The van der Waals surface area contributed by atoms with Gasteiger partial charge in [-0.1, -0.05) is 22.0 Å². The van der Waals surface area contributed by atoms with E-state index in [0.29, 0.717) is 18.5 Å². The number of carbonyl (C=O) groups excluding carboxylic acids is 1. The van der Waals surface area contributed by atoms with Crippen LogP contribution in [0.1, 0.15) is 36.7 Å². The predicted molar refractivity (Wildman–Crippen MR) is 72.1 cm³/mol. The highest BCUT2D eigenvalue weighted by Gasteiger charge is 2.20. The lowest BCUT2D eigenvalue weighted by atomic mass is 10.0. The third-order valence-corrected chi connectivity index (χ3v) is 2.60. The minimum atomic E-state index is -0.487. The van der Waals surface area contributed by atoms with Gasteiger partial charge in [-0.05, 0) is 51.4 Å². The van der Waals surface area contributed by atoms with E-state index in [1.165, 1.54) is 0 Å². The van der Waals surface area contributed by atoms with Gasteiger partial charge in [0.15, 0.2) is 0 Å². The molecule has 0 spiro atoms. The number of benzene rings is 1. The standard InChI is InChI=1S/C13H18BrNO2/c1-13(2,3)17-12(16)11-8-10(14)5-4-9(11)6-7-15/h4-5,8H,6-7,15H2,1-3H3. The van der Waals surface area contributed by atoms with E-state index in [-0.39, 0.29) is 5.97 Å². The van der Waals surface area contributed by atoms with Crippen LogP contribution in [0.3, 0.4) is 0 Å². The molecule has 0 aliphatic rings. The zero-order valence-electron chi connectivity index (χ0n) is 10.4. The summed E-state index contributed by atoms with van der Waals surface area (Å²) in [4.78, 5) is 12.0. The van der Waals surface area contributed by atoms with E-state index in [1.54, 1.807) is 6.07 Å². The molecule has 1 rings (SSSR count). The molecule has 1 aromatic carbocycles. The van der Waals surface area contributed by atoms with Gasteiger partial charge >= 0.3 is 5.97 Å². The monoisotopic (exact) mass is 299 g/mol. The molecule has 2 N–H and O–H groups in total. The van der Waals surface area contributed by atoms with Crippen molar-refractivity contribution in [3.8, 4) is 0 Å². The summed E-state index contributed by atoms with van der Waals surface area (Å²) in [7, 11) is 0. The van der Waals surface area contributed by atoms with Crippen LogP contribution in [-0.2, 0) is 11.2 Å². The summed E-state index contributed by atoms with van der Waals surface area (Å²) in [5.74, 6) is -0.303. The lowest BCUT2D eigenvalue weighted by Crippen LogP contribution is -2.24. The first kappa shape index (κ1) is 14.2. The Morgan fingerprint density at radius 3 is 2.59 bits per heavy atom. The maximum absolute atomic E-state index is 12.0. The molecule has 0 bridgehead atoms. The van der Waals surface area contributed by atoms with Gasteiger partial charge in [0.1, 0.15) is 5.60 Å². The summed E-state index contributed by atoms with van der Waals surface area (Å²) < 4.78 is 6.23. The third-order valence-electron chi connectivity index (χ3n) is 2.10. The maximum atomic E-state index is 12.0. The van der Waals surface area contributed by atoms with Gasteiger partial charge in [-0.25, -0.2) is 4.79 Å². The quantitative estimate of drug-likeness (QED) is 0.873. The van der Waals surface area contributed by atoms with Crippen LogP contribution in [0.15, 0.2) is 22.7 Å². The second-order valence-corrected chi connectivity index (χ2v) is 5.76. The zero-order chi connectivity index (χ0) is 13.1. The molecule has 94 valence electrons. The number of hydrogen-bond donors (Lipinski definition) is 1. The Balaban J connectivity index is 3.02. The first-order valence-electron chi connectivity index (χ1n) is 5.55. The van der Waals surface area contributed by atoms with Gasteiger partial charge in [0.05, 0.1) is 5.56 Å². The molecular weight excluding hydrogens is 282 g/mol. The number of halogens is 1. The van der Waals surface area contributed by atoms with Gasteiger partial charge in [-0.3, -0.25) is 0 Å². The second-order valence-electron chi connectivity index (χ2n) is 4.84. The van der Waals surface area contributed by atoms with Gasteiger partial charge in [0, 0.05) is 4.47 Å². The summed E-state index contributed by atoms with van der Waals surface area (Å²) in [5.41, 5.74) is 6.55. The molecule has 0 atom stereocenters. The molecule has 1 aromatic rings. The Hall–Kier alpha value is -0.870. The van der Waals surface area contributed by atoms with Gasteiger partial charge in [-0.15, -0.1) is 0 Å². The molecule has 0 aliphatic heterocycles. The minimum Gasteiger partial charge on any atom is -0.456 e. The van der Waals surface area contributed by atoms with Gasteiger partial charge in [-0.2, -0.15) is 0 Å². The number of nitrogens with two attached hydrogens (primary N) is 1. The average molecular weight is 300 g/mol. The predicted octanol–water partition coefficient (Wildman–Crippen LogP) is 2.91. The van der Waals surface area contributed by atoms with Crippen molar-refractivity contribution in [1.29, 1.82) is 0 Å².